The van der Waals surface area contributed by atoms with Gasteiger partial charge in [-0.2, -0.15) is 0 Å². The van der Waals surface area contributed by atoms with Crippen LogP contribution in [0.1, 0.15) is 30.1 Å². The van der Waals surface area contributed by atoms with Crippen molar-refractivity contribution in [2.45, 2.75) is 25.8 Å². The van der Waals surface area contributed by atoms with Gasteiger partial charge in [0.05, 0.1) is 10.6 Å². The van der Waals surface area contributed by atoms with Crippen molar-refractivity contribution in [3.63, 3.8) is 0 Å². The molecule has 0 aromatic heterocycles. The third-order valence-electron chi connectivity index (χ3n) is 3.36. The van der Waals surface area contributed by atoms with E-state index in [1.807, 2.05) is 4.90 Å². The van der Waals surface area contributed by atoms with Crippen molar-refractivity contribution in [1.82, 2.24) is 10.2 Å². The molecular formula is C14H19Cl3N2O. The highest BCUT2D eigenvalue weighted by Gasteiger charge is 2.27. The lowest BCUT2D eigenvalue weighted by Crippen LogP contribution is -2.42. The largest absolute Gasteiger partial charge is 0.334 e. The molecule has 1 heterocycles. The second kappa shape index (κ2) is 8.08. The van der Waals surface area contributed by atoms with E-state index < -0.39 is 0 Å². The van der Waals surface area contributed by atoms with Crippen LogP contribution in [0.2, 0.25) is 10.0 Å². The molecule has 0 radical (unpaired) electrons. The molecule has 1 aromatic carbocycles. The first kappa shape index (κ1) is 17.6. The Balaban J connectivity index is 0.00000200. The first-order valence-corrected chi connectivity index (χ1v) is 7.35. The number of hydrogen-bond donors (Lipinski definition) is 1. The molecule has 1 amide bonds. The van der Waals surface area contributed by atoms with Crippen molar-refractivity contribution in [2.24, 2.45) is 0 Å². The lowest BCUT2D eigenvalue weighted by Gasteiger charge is -2.28. The molecule has 0 aliphatic carbocycles. The van der Waals surface area contributed by atoms with Gasteiger partial charge in [-0.3, -0.25) is 4.79 Å². The zero-order valence-corrected chi connectivity index (χ0v) is 13.7. The van der Waals surface area contributed by atoms with Crippen LogP contribution in [0.4, 0.5) is 0 Å². The van der Waals surface area contributed by atoms with Gasteiger partial charge in [0.15, 0.2) is 0 Å². The van der Waals surface area contributed by atoms with Crippen molar-refractivity contribution >= 4 is 41.5 Å². The quantitative estimate of drug-likeness (QED) is 0.910. The topological polar surface area (TPSA) is 32.3 Å². The fourth-order valence-corrected chi connectivity index (χ4v) is 2.90. The number of hydrogen-bond acceptors (Lipinski definition) is 2. The normalized spacial score (nSPS) is 17.6. The second-order valence-corrected chi connectivity index (χ2v) is 5.61. The molecule has 0 spiro atoms. The first-order valence-electron chi connectivity index (χ1n) is 6.60. The smallest absolute Gasteiger partial charge is 0.255 e. The molecule has 2 rings (SSSR count). The fourth-order valence-electron chi connectivity index (χ4n) is 2.41. The first-order chi connectivity index (χ1) is 9.13. The molecule has 1 unspecified atom stereocenters. The lowest BCUT2D eigenvalue weighted by atomic mass is 10.1. The van der Waals surface area contributed by atoms with Gasteiger partial charge in [0.1, 0.15) is 0 Å². The zero-order valence-electron chi connectivity index (χ0n) is 11.4. The summed E-state index contributed by atoms with van der Waals surface area (Å²) in [6.45, 7) is 4.65. The van der Waals surface area contributed by atoms with E-state index >= 15 is 0 Å². The van der Waals surface area contributed by atoms with Gasteiger partial charge in [-0.25, -0.2) is 0 Å². The standard InChI is InChI=1S/C14H18Cl2N2O.ClH/c1-2-7-18(11-5-6-17-9-11)14(19)12-4-3-10(15)8-13(12)16;/h3-4,8,11,17H,2,5-7,9H2,1H3;1H. The summed E-state index contributed by atoms with van der Waals surface area (Å²) >= 11 is 12.0. The summed E-state index contributed by atoms with van der Waals surface area (Å²) in [7, 11) is 0. The van der Waals surface area contributed by atoms with Crippen molar-refractivity contribution in [3.05, 3.63) is 33.8 Å². The maximum Gasteiger partial charge on any atom is 0.255 e. The monoisotopic (exact) mass is 336 g/mol. The predicted octanol–water partition coefficient (Wildman–Crippen LogP) is 3.63. The van der Waals surface area contributed by atoms with E-state index in [9.17, 15) is 4.79 Å². The number of carbonyl (C=O) groups is 1. The molecule has 3 nitrogen and oxygen atoms in total. The van der Waals surface area contributed by atoms with Gasteiger partial charge in [-0.1, -0.05) is 30.1 Å². The highest BCUT2D eigenvalue weighted by Crippen LogP contribution is 2.24. The average Bonchev–Trinajstić information content (AvgIpc) is 2.89. The van der Waals surface area contributed by atoms with Gasteiger partial charge >= 0.3 is 0 Å². The molecule has 112 valence electrons. The minimum Gasteiger partial charge on any atom is -0.334 e. The Hall–Kier alpha value is -0.480. The van der Waals surface area contributed by atoms with E-state index in [4.69, 9.17) is 23.2 Å². The van der Waals surface area contributed by atoms with Crippen molar-refractivity contribution < 1.29 is 4.79 Å². The summed E-state index contributed by atoms with van der Waals surface area (Å²) in [6, 6.07) is 5.29. The van der Waals surface area contributed by atoms with Crippen molar-refractivity contribution in [2.75, 3.05) is 19.6 Å². The van der Waals surface area contributed by atoms with Crippen LogP contribution in [0, 0.1) is 0 Å². The van der Waals surface area contributed by atoms with Crippen LogP contribution in [0.3, 0.4) is 0 Å². The fraction of sp³-hybridized carbons (Fsp3) is 0.500. The van der Waals surface area contributed by atoms with E-state index in [2.05, 4.69) is 12.2 Å². The van der Waals surface area contributed by atoms with Crippen LogP contribution in [0.15, 0.2) is 18.2 Å². The van der Waals surface area contributed by atoms with E-state index in [1.54, 1.807) is 18.2 Å². The van der Waals surface area contributed by atoms with Gasteiger partial charge in [0.2, 0.25) is 0 Å². The highest BCUT2D eigenvalue weighted by atomic mass is 35.5. The molecule has 1 aromatic rings. The third-order valence-corrected chi connectivity index (χ3v) is 3.91. The van der Waals surface area contributed by atoms with Gasteiger partial charge in [0.25, 0.3) is 5.91 Å². The third kappa shape index (κ3) is 4.01. The Bertz CT molecular complexity index is 462. The number of rotatable bonds is 4. The number of carbonyl (C=O) groups excluding carboxylic acids is 1. The minimum absolute atomic E-state index is 0. The number of amides is 1. The number of nitrogens with one attached hydrogen (secondary N) is 1. The summed E-state index contributed by atoms with van der Waals surface area (Å²) in [6.07, 6.45) is 1.93. The molecule has 1 saturated heterocycles. The summed E-state index contributed by atoms with van der Waals surface area (Å²) < 4.78 is 0. The minimum atomic E-state index is -0.00258. The highest BCUT2D eigenvalue weighted by molar-refractivity contribution is 6.36. The van der Waals surface area contributed by atoms with Gasteiger partial charge < -0.3 is 10.2 Å². The number of benzene rings is 1. The van der Waals surface area contributed by atoms with Crippen molar-refractivity contribution in [1.29, 1.82) is 0 Å². The van der Waals surface area contributed by atoms with Crippen LogP contribution in [-0.2, 0) is 0 Å². The molecule has 1 atom stereocenters. The average molecular weight is 338 g/mol. The van der Waals surface area contributed by atoms with Crippen molar-refractivity contribution in [3.8, 4) is 0 Å². The second-order valence-electron chi connectivity index (χ2n) is 4.77. The van der Waals surface area contributed by atoms with E-state index in [-0.39, 0.29) is 24.4 Å². The van der Waals surface area contributed by atoms with Crippen LogP contribution in [-0.4, -0.2) is 36.5 Å². The van der Waals surface area contributed by atoms with Crippen LogP contribution >= 0.6 is 35.6 Å². The summed E-state index contributed by atoms with van der Waals surface area (Å²) in [5, 5.41) is 4.26. The molecule has 20 heavy (non-hydrogen) atoms. The molecule has 0 bridgehead atoms. The zero-order chi connectivity index (χ0) is 13.8. The van der Waals surface area contributed by atoms with E-state index in [1.165, 1.54) is 0 Å². The molecule has 0 saturated carbocycles. The SMILES string of the molecule is CCCN(C(=O)c1ccc(Cl)cc1Cl)C1CCNC1.Cl. The summed E-state index contributed by atoms with van der Waals surface area (Å²) in [4.78, 5) is 14.6. The Morgan fingerprint density at radius 3 is 2.75 bits per heavy atom. The maximum absolute atomic E-state index is 12.6. The van der Waals surface area contributed by atoms with Crippen LogP contribution < -0.4 is 5.32 Å². The number of nitrogens with zero attached hydrogens (tertiary/aromatic N) is 1. The van der Waals surface area contributed by atoms with Gasteiger partial charge in [0, 0.05) is 24.2 Å². The predicted molar refractivity (Wildman–Crippen MR) is 86.3 cm³/mol. The van der Waals surface area contributed by atoms with Crippen LogP contribution in [0.5, 0.6) is 0 Å². The summed E-state index contributed by atoms with van der Waals surface area (Å²) in [5.41, 5.74) is 0.534. The maximum atomic E-state index is 12.6. The Morgan fingerprint density at radius 1 is 1.45 bits per heavy atom. The van der Waals surface area contributed by atoms with Crippen LogP contribution in [0.25, 0.3) is 0 Å². The molecule has 1 N–H and O–H groups in total. The Labute approximate surface area is 136 Å². The molecule has 6 heteroatoms. The van der Waals surface area contributed by atoms with Gasteiger partial charge in [-0.05, 0) is 37.6 Å². The molecule has 1 aliphatic heterocycles. The summed E-state index contributed by atoms with van der Waals surface area (Å²) in [5.74, 6) is -0.00258. The van der Waals surface area contributed by atoms with Gasteiger partial charge in [-0.15, -0.1) is 12.4 Å². The number of halogens is 3. The Kier molecular flexibility index (Phi) is 7.10. The molecule has 1 aliphatic rings. The van der Waals surface area contributed by atoms with E-state index in [0.29, 0.717) is 15.6 Å². The van der Waals surface area contributed by atoms with E-state index in [0.717, 1.165) is 32.5 Å². The lowest BCUT2D eigenvalue weighted by molar-refractivity contribution is 0.0692. The Morgan fingerprint density at radius 2 is 2.20 bits per heavy atom. The molecular weight excluding hydrogens is 319 g/mol. The molecule has 1 fully saturated rings.